The number of hydrogen-bond acceptors (Lipinski definition) is 4. The molecule has 4 nitrogen and oxygen atoms in total. The summed E-state index contributed by atoms with van der Waals surface area (Å²) in [5.41, 5.74) is 2.18. The molecule has 0 N–H and O–H groups in total. The highest BCUT2D eigenvalue weighted by atomic mass is 35.5. The molecule has 2 aromatic carbocycles. The quantitative estimate of drug-likeness (QED) is 0.618. The van der Waals surface area contributed by atoms with Gasteiger partial charge in [-0.2, -0.15) is 0 Å². The third-order valence-electron chi connectivity index (χ3n) is 5.87. The van der Waals surface area contributed by atoms with Gasteiger partial charge in [-0.1, -0.05) is 41.6 Å². The second-order valence-corrected chi connectivity index (χ2v) is 9.52. The van der Waals surface area contributed by atoms with E-state index in [9.17, 15) is 4.79 Å². The molecule has 0 radical (unpaired) electrons. The average molecular weight is 431 g/mol. The number of methoxy groups -OCH3 is 1. The summed E-state index contributed by atoms with van der Waals surface area (Å²) in [4.78, 5) is 16.8. The molecule has 1 unspecified atom stereocenters. The number of hydrogen-bond donors (Lipinski definition) is 0. The summed E-state index contributed by atoms with van der Waals surface area (Å²) in [7, 11) is 1.69. The van der Waals surface area contributed by atoms with Crippen molar-refractivity contribution in [1.82, 2.24) is 4.90 Å². The Hall–Kier alpha value is -1.69. The molecule has 0 spiro atoms. The Kier molecular flexibility index (Phi) is 6.68. The molecule has 0 saturated carbocycles. The third-order valence-corrected chi connectivity index (χ3v) is 7.29. The smallest absolute Gasteiger partial charge is 0.286 e. The molecule has 2 aromatic rings. The van der Waals surface area contributed by atoms with E-state index in [0.29, 0.717) is 11.2 Å². The van der Waals surface area contributed by atoms with Gasteiger partial charge in [0, 0.05) is 29.0 Å². The minimum atomic E-state index is 0.170. The van der Waals surface area contributed by atoms with E-state index in [2.05, 4.69) is 11.0 Å². The number of amides is 1. The molecule has 0 bridgehead atoms. The Morgan fingerprint density at radius 2 is 1.90 bits per heavy atom. The van der Waals surface area contributed by atoms with Gasteiger partial charge >= 0.3 is 0 Å². The van der Waals surface area contributed by atoms with Gasteiger partial charge in [-0.25, -0.2) is 0 Å². The number of ether oxygens (including phenoxy) is 1. The lowest BCUT2D eigenvalue weighted by molar-refractivity contribution is 0.185. The zero-order valence-corrected chi connectivity index (χ0v) is 18.3. The van der Waals surface area contributed by atoms with E-state index in [0.717, 1.165) is 49.1 Å². The zero-order chi connectivity index (χ0) is 20.2. The van der Waals surface area contributed by atoms with E-state index in [1.165, 1.54) is 30.2 Å². The highest BCUT2D eigenvalue weighted by Crippen LogP contribution is 2.32. The van der Waals surface area contributed by atoms with E-state index in [4.69, 9.17) is 16.3 Å². The minimum Gasteiger partial charge on any atom is -0.497 e. The molecule has 4 rings (SSSR count). The fourth-order valence-corrected chi connectivity index (χ4v) is 5.54. The maximum atomic E-state index is 12.4. The molecule has 2 heterocycles. The van der Waals surface area contributed by atoms with Crippen molar-refractivity contribution >= 4 is 34.3 Å². The molecule has 0 aliphatic carbocycles. The largest absolute Gasteiger partial charge is 0.497 e. The Morgan fingerprint density at radius 1 is 1.14 bits per heavy atom. The molecular formula is C23H27ClN2O2S. The van der Waals surface area contributed by atoms with Crippen molar-refractivity contribution in [2.24, 2.45) is 5.92 Å². The van der Waals surface area contributed by atoms with Crippen LogP contribution in [-0.4, -0.2) is 48.7 Å². The Bertz CT molecular complexity index is 840. The first-order chi connectivity index (χ1) is 14.1. The fourth-order valence-electron chi connectivity index (χ4n) is 4.24. The van der Waals surface area contributed by atoms with Crippen molar-refractivity contribution < 1.29 is 9.53 Å². The van der Waals surface area contributed by atoms with Crippen LogP contribution in [0.25, 0.3) is 0 Å². The number of carbonyl (C=O) groups is 1. The lowest BCUT2D eigenvalue weighted by atomic mass is 9.90. The summed E-state index contributed by atoms with van der Waals surface area (Å²) in [6.07, 6.45) is 3.34. The third kappa shape index (κ3) is 5.08. The standard InChI is InChI=1S/C23H27ClN2O2S/c1-28-20-7-8-22(24)18(14-20)13-17-9-11-25(12-10-17)15-21-16-26(23(27)29-21)19-5-3-2-4-6-19/h2-8,14,17,21H,9-13,15-16H2,1H3. The molecule has 154 valence electrons. The first kappa shape index (κ1) is 20.6. The number of thioether (sulfide) groups is 1. The number of piperidine rings is 1. The number of benzene rings is 2. The topological polar surface area (TPSA) is 32.8 Å². The monoisotopic (exact) mass is 430 g/mol. The summed E-state index contributed by atoms with van der Waals surface area (Å²) in [5.74, 6) is 1.52. The van der Waals surface area contributed by atoms with Crippen LogP contribution < -0.4 is 9.64 Å². The lowest BCUT2D eigenvalue weighted by Gasteiger charge is -2.33. The van der Waals surface area contributed by atoms with Crippen LogP contribution in [0.2, 0.25) is 5.02 Å². The summed E-state index contributed by atoms with van der Waals surface area (Å²) < 4.78 is 5.34. The van der Waals surface area contributed by atoms with E-state index in [1.807, 2.05) is 47.4 Å². The van der Waals surface area contributed by atoms with Gasteiger partial charge in [-0.15, -0.1) is 0 Å². The van der Waals surface area contributed by atoms with Gasteiger partial charge < -0.3 is 14.5 Å². The van der Waals surface area contributed by atoms with Crippen LogP contribution in [-0.2, 0) is 6.42 Å². The normalized spacial score (nSPS) is 21.0. The molecule has 2 saturated heterocycles. The summed E-state index contributed by atoms with van der Waals surface area (Å²) >= 11 is 7.87. The number of carbonyl (C=O) groups excluding carboxylic acids is 1. The Balaban J connectivity index is 1.27. The Morgan fingerprint density at radius 3 is 2.62 bits per heavy atom. The van der Waals surface area contributed by atoms with Crippen LogP contribution in [0.1, 0.15) is 18.4 Å². The number of nitrogens with zero attached hydrogens (tertiary/aromatic N) is 2. The predicted molar refractivity (Wildman–Crippen MR) is 121 cm³/mol. The molecule has 6 heteroatoms. The van der Waals surface area contributed by atoms with Gasteiger partial charge in [-0.3, -0.25) is 4.79 Å². The zero-order valence-electron chi connectivity index (χ0n) is 16.7. The number of rotatable bonds is 6. The molecule has 2 aliphatic heterocycles. The van der Waals surface area contributed by atoms with Crippen molar-refractivity contribution in [2.75, 3.05) is 38.2 Å². The molecular weight excluding hydrogens is 404 g/mol. The van der Waals surface area contributed by atoms with Crippen molar-refractivity contribution in [3.63, 3.8) is 0 Å². The molecule has 2 aliphatic rings. The molecule has 2 fully saturated rings. The maximum Gasteiger partial charge on any atom is 0.286 e. The number of halogens is 1. The van der Waals surface area contributed by atoms with Crippen LogP contribution in [0.15, 0.2) is 48.5 Å². The first-order valence-electron chi connectivity index (χ1n) is 10.2. The van der Waals surface area contributed by atoms with Crippen molar-refractivity contribution in [2.45, 2.75) is 24.5 Å². The van der Waals surface area contributed by atoms with Gasteiger partial charge in [0.05, 0.1) is 7.11 Å². The highest BCUT2D eigenvalue weighted by Gasteiger charge is 2.33. The van der Waals surface area contributed by atoms with E-state index in [1.54, 1.807) is 7.11 Å². The second kappa shape index (κ2) is 9.41. The Labute approximate surface area is 182 Å². The summed E-state index contributed by atoms with van der Waals surface area (Å²) in [6.45, 7) is 3.95. The number of likely N-dealkylation sites (tertiary alicyclic amines) is 1. The van der Waals surface area contributed by atoms with Gasteiger partial charge in [0.25, 0.3) is 5.24 Å². The van der Waals surface area contributed by atoms with E-state index >= 15 is 0 Å². The first-order valence-corrected chi connectivity index (χ1v) is 11.5. The van der Waals surface area contributed by atoms with Crippen LogP contribution in [0.5, 0.6) is 5.75 Å². The number of para-hydroxylation sites is 1. The van der Waals surface area contributed by atoms with Gasteiger partial charge in [0.15, 0.2) is 0 Å². The fraction of sp³-hybridized carbons (Fsp3) is 0.435. The van der Waals surface area contributed by atoms with Crippen molar-refractivity contribution in [3.8, 4) is 5.75 Å². The van der Waals surface area contributed by atoms with Gasteiger partial charge in [0.1, 0.15) is 5.75 Å². The SMILES string of the molecule is COc1ccc(Cl)c(CC2CCN(CC3CN(c4ccccc4)C(=O)S3)CC2)c1. The predicted octanol–water partition coefficient (Wildman–Crippen LogP) is 5.35. The van der Waals surface area contributed by atoms with Crippen LogP contribution in [0, 0.1) is 5.92 Å². The van der Waals surface area contributed by atoms with Crippen LogP contribution >= 0.6 is 23.4 Å². The summed E-state index contributed by atoms with van der Waals surface area (Å²) in [5, 5.41) is 1.34. The van der Waals surface area contributed by atoms with Gasteiger partial charge in [0.2, 0.25) is 0 Å². The minimum absolute atomic E-state index is 0.170. The summed E-state index contributed by atoms with van der Waals surface area (Å²) in [6, 6.07) is 15.9. The van der Waals surface area contributed by atoms with Crippen molar-refractivity contribution in [3.05, 3.63) is 59.1 Å². The van der Waals surface area contributed by atoms with Crippen molar-refractivity contribution in [1.29, 1.82) is 0 Å². The molecule has 1 amide bonds. The highest BCUT2D eigenvalue weighted by molar-refractivity contribution is 8.14. The van der Waals surface area contributed by atoms with Gasteiger partial charge in [-0.05, 0) is 74.2 Å². The second-order valence-electron chi connectivity index (χ2n) is 7.86. The van der Waals surface area contributed by atoms with Crippen LogP contribution in [0.3, 0.4) is 0 Å². The molecule has 29 heavy (non-hydrogen) atoms. The maximum absolute atomic E-state index is 12.4. The molecule has 0 aromatic heterocycles. The lowest BCUT2D eigenvalue weighted by Crippen LogP contribution is -2.39. The molecule has 1 atom stereocenters. The van der Waals surface area contributed by atoms with E-state index in [-0.39, 0.29) is 5.24 Å². The van der Waals surface area contributed by atoms with E-state index < -0.39 is 0 Å². The van der Waals surface area contributed by atoms with Crippen LogP contribution in [0.4, 0.5) is 10.5 Å². The number of anilines is 1. The average Bonchev–Trinajstić information content (AvgIpc) is 3.11.